The number of ketones is 1. The summed E-state index contributed by atoms with van der Waals surface area (Å²) in [5.74, 6) is -1.46. The Morgan fingerprint density at radius 3 is 2.32 bits per heavy atom. The highest BCUT2D eigenvalue weighted by Crippen LogP contribution is 2.44. The van der Waals surface area contributed by atoms with Crippen molar-refractivity contribution in [3.8, 4) is 11.5 Å². The largest absolute Gasteiger partial charge is 0.507 e. The molecule has 1 aliphatic heterocycles. The highest BCUT2D eigenvalue weighted by molar-refractivity contribution is 7.17. The molecule has 1 aliphatic rings. The highest BCUT2D eigenvalue weighted by Gasteiger charge is 2.48. The molecule has 1 aromatic heterocycles. The number of thiazole rings is 1. The smallest absolute Gasteiger partial charge is 0.350 e. The van der Waals surface area contributed by atoms with E-state index in [0.29, 0.717) is 41.5 Å². The zero-order chi connectivity index (χ0) is 31.4. The molecule has 10 heteroatoms. The fourth-order valence-electron chi connectivity index (χ4n) is 4.91. The first-order valence-electron chi connectivity index (χ1n) is 14.1. The number of hydrogen-bond acceptors (Lipinski definition) is 9. The van der Waals surface area contributed by atoms with E-state index >= 15 is 0 Å². The number of amides is 1. The summed E-state index contributed by atoms with van der Waals surface area (Å²) < 4.78 is 16.5. The molecule has 5 rings (SSSR count). The van der Waals surface area contributed by atoms with Crippen LogP contribution < -0.4 is 14.4 Å². The third-order valence-electron chi connectivity index (χ3n) is 7.09. The van der Waals surface area contributed by atoms with E-state index in [0.717, 1.165) is 28.9 Å². The molecule has 4 aromatic rings. The number of Topliss-reactive ketones (excluding diaryl/α,β-unsaturated/α-hetero) is 1. The van der Waals surface area contributed by atoms with Crippen LogP contribution in [0.15, 0.2) is 78.4 Å². The number of ether oxygens (including phenoxy) is 3. The molecule has 0 saturated carbocycles. The van der Waals surface area contributed by atoms with Gasteiger partial charge in [-0.05, 0) is 67.8 Å². The average molecular weight is 613 g/mol. The van der Waals surface area contributed by atoms with E-state index in [-0.39, 0.29) is 21.3 Å². The van der Waals surface area contributed by atoms with Crippen molar-refractivity contribution in [2.45, 2.75) is 39.8 Å². The Morgan fingerprint density at radius 2 is 1.66 bits per heavy atom. The number of aliphatic hydroxyl groups is 1. The van der Waals surface area contributed by atoms with Crippen LogP contribution in [0, 0.1) is 13.8 Å². The van der Waals surface area contributed by atoms with Gasteiger partial charge < -0.3 is 19.3 Å². The van der Waals surface area contributed by atoms with Gasteiger partial charge in [0.2, 0.25) is 0 Å². The lowest BCUT2D eigenvalue weighted by molar-refractivity contribution is -0.132. The van der Waals surface area contributed by atoms with Gasteiger partial charge in [0.15, 0.2) is 5.13 Å². The summed E-state index contributed by atoms with van der Waals surface area (Å²) >= 11 is 0.946. The lowest BCUT2D eigenvalue weighted by Gasteiger charge is -2.23. The molecule has 44 heavy (non-hydrogen) atoms. The van der Waals surface area contributed by atoms with E-state index in [1.807, 2.05) is 38.1 Å². The van der Waals surface area contributed by atoms with Gasteiger partial charge in [0.05, 0.1) is 31.0 Å². The fraction of sp³-hybridized carbons (Fsp3) is 0.235. The van der Waals surface area contributed by atoms with Crippen molar-refractivity contribution >= 4 is 39.9 Å². The van der Waals surface area contributed by atoms with Crippen LogP contribution in [0.2, 0.25) is 0 Å². The number of aliphatic hydroxyl groups excluding tert-OH is 1. The monoisotopic (exact) mass is 612 g/mol. The minimum atomic E-state index is -1.01. The number of aryl methyl sites for hydroxylation is 2. The zero-order valence-corrected chi connectivity index (χ0v) is 25.6. The minimum absolute atomic E-state index is 0.0990. The Bertz CT molecular complexity index is 1730. The maximum Gasteiger partial charge on any atom is 0.350 e. The number of aromatic nitrogens is 1. The standard InChI is InChI=1S/C34H32N2O7S/c1-5-17-42-25-13-9-23(10-14-25)28-27(30(38)32(39)36(28)34-35-21(3)31(44-34)33(40)41-4)29(37)24-11-15-26(16-12-24)43-19-22-8-6-7-20(2)18-22/h6-16,18,28,37H,5,17,19H2,1-4H3. The maximum absolute atomic E-state index is 13.6. The number of carbonyl (C=O) groups is 3. The highest BCUT2D eigenvalue weighted by atomic mass is 32.1. The molecule has 9 nitrogen and oxygen atoms in total. The first kappa shape index (κ1) is 30.5. The van der Waals surface area contributed by atoms with Crippen molar-refractivity contribution in [2.75, 3.05) is 18.6 Å². The quantitative estimate of drug-likeness (QED) is 0.0929. The van der Waals surface area contributed by atoms with E-state index in [4.69, 9.17) is 14.2 Å². The molecular weight excluding hydrogens is 580 g/mol. The van der Waals surface area contributed by atoms with E-state index in [2.05, 4.69) is 4.98 Å². The molecule has 1 amide bonds. The van der Waals surface area contributed by atoms with E-state index < -0.39 is 23.7 Å². The van der Waals surface area contributed by atoms with Crippen LogP contribution in [0.5, 0.6) is 11.5 Å². The third-order valence-corrected chi connectivity index (χ3v) is 8.23. The maximum atomic E-state index is 13.6. The van der Waals surface area contributed by atoms with Crippen molar-refractivity contribution in [1.82, 2.24) is 4.98 Å². The predicted octanol–water partition coefficient (Wildman–Crippen LogP) is 6.54. The number of hydrogen-bond donors (Lipinski definition) is 1. The lowest BCUT2D eigenvalue weighted by Crippen LogP contribution is -2.29. The molecule has 0 radical (unpaired) electrons. The number of methoxy groups -OCH3 is 1. The SMILES string of the molecule is CCCOc1ccc(C2C(=C(O)c3ccc(OCc4cccc(C)c4)cc3)C(=O)C(=O)N2c2nc(C)c(C(=O)OC)s2)cc1. The molecule has 3 aromatic carbocycles. The van der Waals surface area contributed by atoms with Gasteiger partial charge in [-0.3, -0.25) is 14.5 Å². The summed E-state index contributed by atoms with van der Waals surface area (Å²) in [6, 6.07) is 20.6. The van der Waals surface area contributed by atoms with Gasteiger partial charge in [0.25, 0.3) is 5.78 Å². The second-order valence-electron chi connectivity index (χ2n) is 10.3. The number of carbonyl (C=O) groups excluding carboxylic acids is 3. The van der Waals surface area contributed by atoms with Gasteiger partial charge >= 0.3 is 11.9 Å². The third kappa shape index (κ3) is 6.21. The summed E-state index contributed by atoms with van der Waals surface area (Å²) in [6.07, 6.45) is 0.837. The molecule has 0 aliphatic carbocycles. The normalized spacial score (nSPS) is 15.8. The van der Waals surface area contributed by atoms with Gasteiger partial charge in [-0.1, -0.05) is 60.2 Å². The number of benzene rings is 3. The average Bonchev–Trinajstić information content (AvgIpc) is 3.54. The van der Waals surface area contributed by atoms with E-state index in [1.165, 1.54) is 12.0 Å². The number of esters is 1. The minimum Gasteiger partial charge on any atom is -0.507 e. The fourth-order valence-corrected chi connectivity index (χ4v) is 5.92. The lowest BCUT2D eigenvalue weighted by atomic mass is 9.95. The second-order valence-corrected chi connectivity index (χ2v) is 11.3. The van der Waals surface area contributed by atoms with E-state index in [9.17, 15) is 19.5 Å². The van der Waals surface area contributed by atoms with Crippen molar-refractivity contribution in [2.24, 2.45) is 0 Å². The molecule has 1 atom stereocenters. The molecule has 226 valence electrons. The Morgan fingerprint density at radius 1 is 0.977 bits per heavy atom. The Balaban J connectivity index is 1.52. The Hall–Kier alpha value is -4.96. The number of nitrogens with zero attached hydrogens (tertiary/aromatic N) is 2. The Labute approximate surface area is 259 Å². The molecule has 1 fully saturated rings. The van der Waals surface area contributed by atoms with Gasteiger partial charge in [-0.15, -0.1) is 0 Å². The van der Waals surface area contributed by atoms with Gasteiger partial charge in [0.1, 0.15) is 28.7 Å². The van der Waals surface area contributed by atoms with Crippen molar-refractivity contribution < 1.29 is 33.7 Å². The van der Waals surface area contributed by atoms with Gasteiger partial charge in [-0.25, -0.2) is 9.78 Å². The first-order valence-corrected chi connectivity index (χ1v) is 14.9. The molecule has 1 unspecified atom stereocenters. The Kier molecular flexibility index (Phi) is 9.10. The topological polar surface area (TPSA) is 115 Å². The number of anilines is 1. The van der Waals surface area contributed by atoms with Crippen LogP contribution in [0.3, 0.4) is 0 Å². The summed E-state index contributed by atoms with van der Waals surface area (Å²) in [5.41, 5.74) is 3.32. The molecular formula is C34H32N2O7S. The van der Waals surface area contributed by atoms with Crippen LogP contribution >= 0.6 is 11.3 Å². The zero-order valence-electron chi connectivity index (χ0n) is 24.8. The molecule has 0 bridgehead atoms. The molecule has 0 spiro atoms. The molecule has 1 N–H and O–H groups in total. The van der Waals surface area contributed by atoms with Crippen LogP contribution in [-0.2, 0) is 20.9 Å². The van der Waals surface area contributed by atoms with Crippen LogP contribution in [0.4, 0.5) is 5.13 Å². The van der Waals surface area contributed by atoms with Gasteiger partial charge in [-0.2, -0.15) is 0 Å². The van der Waals surface area contributed by atoms with Crippen molar-refractivity contribution in [1.29, 1.82) is 0 Å². The summed E-state index contributed by atoms with van der Waals surface area (Å²) in [7, 11) is 1.26. The molecule has 2 heterocycles. The predicted molar refractivity (Wildman–Crippen MR) is 167 cm³/mol. The van der Waals surface area contributed by atoms with Crippen LogP contribution in [0.25, 0.3) is 5.76 Å². The van der Waals surface area contributed by atoms with Gasteiger partial charge in [0, 0.05) is 5.56 Å². The summed E-state index contributed by atoms with van der Waals surface area (Å²) in [4.78, 5) is 45.3. The van der Waals surface area contributed by atoms with Crippen LogP contribution in [0.1, 0.15) is 57.0 Å². The second kappa shape index (κ2) is 13.1. The van der Waals surface area contributed by atoms with Crippen molar-refractivity contribution in [3.05, 3.63) is 111 Å². The van der Waals surface area contributed by atoms with Crippen LogP contribution in [-0.4, -0.2) is 41.5 Å². The summed E-state index contributed by atoms with van der Waals surface area (Å²) in [6.45, 7) is 6.55. The summed E-state index contributed by atoms with van der Waals surface area (Å²) in [5, 5.41) is 11.7. The number of rotatable bonds is 10. The van der Waals surface area contributed by atoms with Crippen molar-refractivity contribution in [3.63, 3.8) is 0 Å². The molecule has 1 saturated heterocycles. The van der Waals surface area contributed by atoms with E-state index in [1.54, 1.807) is 55.5 Å². The first-order chi connectivity index (χ1) is 21.2.